The normalized spacial score (nSPS) is 12.0. The van der Waals surface area contributed by atoms with Gasteiger partial charge >= 0.3 is 5.97 Å². The van der Waals surface area contributed by atoms with E-state index in [1.54, 1.807) is 19.9 Å². The van der Waals surface area contributed by atoms with Crippen LogP contribution in [0.15, 0.2) is 34.7 Å². The SMILES string of the molecule is Cc1ccc(OCc2ccc(C(=O)NC(C(=O)O)C(C)C)o2)c(C)c1. The van der Waals surface area contributed by atoms with Crippen LogP contribution in [0.1, 0.15) is 41.3 Å². The molecule has 6 heteroatoms. The van der Waals surface area contributed by atoms with E-state index in [-0.39, 0.29) is 18.3 Å². The van der Waals surface area contributed by atoms with Gasteiger partial charge in [0.15, 0.2) is 5.76 Å². The lowest BCUT2D eigenvalue weighted by molar-refractivity contribution is -0.140. The first-order chi connectivity index (χ1) is 11.8. The van der Waals surface area contributed by atoms with Crippen molar-refractivity contribution in [3.63, 3.8) is 0 Å². The number of carboxylic acid groups (broad SMARTS) is 1. The number of aryl methyl sites for hydroxylation is 2. The fourth-order valence-corrected chi connectivity index (χ4v) is 2.41. The smallest absolute Gasteiger partial charge is 0.326 e. The molecule has 0 aliphatic rings. The second kappa shape index (κ2) is 7.88. The van der Waals surface area contributed by atoms with E-state index < -0.39 is 17.9 Å². The van der Waals surface area contributed by atoms with Gasteiger partial charge in [-0.1, -0.05) is 31.5 Å². The Balaban J connectivity index is 1.99. The summed E-state index contributed by atoms with van der Waals surface area (Å²) in [5.41, 5.74) is 2.17. The van der Waals surface area contributed by atoms with Crippen molar-refractivity contribution in [3.8, 4) is 5.75 Å². The van der Waals surface area contributed by atoms with Gasteiger partial charge < -0.3 is 19.6 Å². The fraction of sp³-hybridized carbons (Fsp3) is 0.368. The van der Waals surface area contributed by atoms with Crippen LogP contribution in [0.25, 0.3) is 0 Å². The lowest BCUT2D eigenvalue weighted by Crippen LogP contribution is -2.44. The number of nitrogens with one attached hydrogen (secondary N) is 1. The van der Waals surface area contributed by atoms with E-state index in [4.69, 9.17) is 14.3 Å². The standard InChI is InChI=1S/C19H23NO5/c1-11(2)17(19(22)23)20-18(21)16-8-6-14(25-16)10-24-15-7-5-12(3)9-13(15)4/h5-9,11,17H,10H2,1-4H3,(H,20,21)(H,22,23). The number of aliphatic carboxylic acids is 1. The lowest BCUT2D eigenvalue weighted by Gasteiger charge is -2.16. The zero-order valence-electron chi connectivity index (χ0n) is 14.8. The Bertz CT molecular complexity index is 763. The quantitative estimate of drug-likeness (QED) is 0.803. The minimum Gasteiger partial charge on any atom is -0.485 e. The highest BCUT2D eigenvalue weighted by Gasteiger charge is 2.25. The van der Waals surface area contributed by atoms with Crippen LogP contribution in [-0.2, 0) is 11.4 Å². The summed E-state index contributed by atoms with van der Waals surface area (Å²) >= 11 is 0. The first-order valence-corrected chi connectivity index (χ1v) is 8.10. The third-order valence-corrected chi connectivity index (χ3v) is 3.81. The predicted molar refractivity (Wildman–Crippen MR) is 92.7 cm³/mol. The number of carbonyl (C=O) groups excluding carboxylic acids is 1. The zero-order valence-corrected chi connectivity index (χ0v) is 14.8. The van der Waals surface area contributed by atoms with E-state index >= 15 is 0 Å². The summed E-state index contributed by atoms with van der Waals surface area (Å²) in [7, 11) is 0. The number of furan rings is 1. The summed E-state index contributed by atoms with van der Waals surface area (Å²) in [6, 6.07) is 8.06. The topological polar surface area (TPSA) is 88.8 Å². The Kier molecular flexibility index (Phi) is 5.85. The number of carbonyl (C=O) groups is 2. The van der Waals surface area contributed by atoms with Crippen LogP contribution < -0.4 is 10.1 Å². The van der Waals surface area contributed by atoms with Gasteiger partial charge in [-0.15, -0.1) is 0 Å². The molecular formula is C19H23NO5. The van der Waals surface area contributed by atoms with Crippen molar-refractivity contribution in [2.45, 2.75) is 40.3 Å². The fourth-order valence-electron chi connectivity index (χ4n) is 2.41. The van der Waals surface area contributed by atoms with Crippen molar-refractivity contribution < 1.29 is 23.8 Å². The Hall–Kier alpha value is -2.76. The van der Waals surface area contributed by atoms with Crippen molar-refractivity contribution in [2.75, 3.05) is 0 Å². The van der Waals surface area contributed by atoms with E-state index in [0.29, 0.717) is 5.76 Å². The third kappa shape index (κ3) is 4.86. The molecule has 2 N–H and O–H groups in total. The average molecular weight is 345 g/mol. The van der Waals surface area contributed by atoms with E-state index in [0.717, 1.165) is 16.9 Å². The minimum atomic E-state index is -1.08. The summed E-state index contributed by atoms with van der Waals surface area (Å²) in [6.07, 6.45) is 0. The van der Waals surface area contributed by atoms with Crippen LogP contribution >= 0.6 is 0 Å². The highest BCUT2D eigenvalue weighted by atomic mass is 16.5. The van der Waals surface area contributed by atoms with Crippen LogP contribution in [0, 0.1) is 19.8 Å². The maximum Gasteiger partial charge on any atom is 0.326 e. The molecule has 25 heavy (non-hydrogen) atoms. The number of rotatable bonds is 7. The summed E-state index contributed by atoms with van der Waals surface area (Å²) in [5.74, 6) is -0.567. The molecule has 1 amide bonds. The first-order valence-electron chi connectivity index (χ1n) is 8.10. The number of benzene rings is 1. The molecule has 6 nitrogen and oxygen atoms in total. The largest absolute Gasteiger partial charge is 0.485 e. The molecule has 1 aromatic heterocycles. The lowest BCUT2D eigenvalue weighted by atomic mass is 10.0. The van der Waals surface area contributed by atoms with Gasteiger partial charge in [-0.3, -0.25) is 4.79 Å². The predicted octanol–water partition coefficient (Wildman–Crippen LogP) is 3.31. The van der Waals surface area contributed by atoms with E-state index in [9.17, 15) is 9.59 Å². The summed E-state index contributed by atoms with van der Waals surface area (Å²) < 4.78 is 11.2. The van der Waals surface area contributed by atoms with Crippen LogP contribution in [0.3, 0.4) is 0 Å². The average Bonchev–Trinajstić information content (AvgIpc) is 3.00. The van der Waals surface area contributed by atoms with Gasteiger partial charge in [0.05, 0.1) is 0 Å². The molecule has 0 spiro atoms. The van der Waals surface area contributed by atoms with Crippen LogP contribution in [0.4, 0.5) is 0 Å². The van der Waals surface area contributed by atoms with Crippen molar-refractivity contribution in [1.29, 1.82) is 0 Å². The molecule has 0 fully saturated rings. The minimum absolute atomic E-state index is 0.0612. The second-order valence-electron chi connectivity index (χ2n) is 6.36. The molecule has 0 radical (unpaired) electrons. The summed E-state index contributed by atoms with van der Waals surface area (Å²) in [6.45, 7) is 7.61. The maximum atomic E-state index is 12.1. The third-order valence-electron chi connectivity index (χ3n) is 3.81. The van der Waals surface area contributed by atoms with Gasteiger partial charge in [-0.2, -0.15) is 0 Å². The summed E-state index contributed by atoms with van der Waals surface area (Å²) in [5, 5.41) is 11.6. The van der Waals surface area contributed by atoms with Crippen molar-refractivity contribution in [2.24, 2.45) is 5.92 Å². The van der Waals surface area contributed by atoms with E-state index in [2.05, 4.69) is 5.32 Å². The zero-order chi connectivity index (χ0) is 18.6. The van der Waals surface area contributed by atoms with Crippen molar-refractivity contribution in [3.05, 3.63) is 53.0 Å². The molecule has 1 aromatic carbocycles. The van der Waals surface area contributed by atoms with Gasteiger partial charge in [0.1, 0.15) is 24.2 Å². The Morgan fingerprint density at radius 1 is 1.20 bits per heavy atom. The Morgan fingerprint density at radius 3 is 2.52 bits per heavy atom. The number of carboxylic acids is 1. The maximum absolute atomic E-state index is 12.1. The molecule has 0 bridgehead atoms. The highest BCUT2D eigenvalue weighted by Crippen LogP contribution is 2.20. The van der Waals surface area contributed by atoms with Gasteiger partial charge in [-0.05, 0) is 43.5 Å². The van der Waals surface area contributed by atoms with Gasteiger partial charge in [0.25, 0.3) is 5.91 Å². The molecule has 0 saturated heterocycles. The molecule has 134 valence electrons. The number of hydrogen-bond donors (Lipinski definition) is 2. The van der Waals surface area contributed by atoms with Crippen LogP contribution in [-0.4, -0.2) is 23.0 Å². The first kappa shape index (κ1) is 18.6. The van der Waals surface area contributed by atoms with E-state index in [1.165, 1.54) is 6.07 Å². The van der Waals surface area contributed by atoms with Crippen LogP contribution in [0.2, 0.25) is 0 Å². The molecule has 0 aliphatic heterocycles. The number of amides is 1. The van der Waals surface area contributed by atoms with Gasteiger partial charge in [-0.25, -0.2) is 4.79 Å². The molecule has 0 aliphatic carbocycles. The van der Waals surface area contributed by atoms with E-state index in [1.807, 2.05) is 32.0 Å². The van der Waals surface area contributed by atoms with Crippen molar-refractivity contribution >= 4 is 11.9 Å². The van der Waals surface area contributed by atoms with Crippen molar-refractivity contribution in [1.82, 2.24) is 5.32 Å². The number of ether oxygens (including phenoxy) is 1. The second-order valence-corrected chi connectivity index (χ2v) is 6.36. The molecular weight excluding hydrogens is 322 g/mol. The van der Waals surface area contributed by atoms with Gasteiger partial charge in [0, 0.05) is 0 Å². The molecule has 0 saturated carbocycles. The molecule has 1 heterocycles. The molecule has 1 unspecified atom stereocenters. The number of hydrogen-bond acceptors (Lipinski definition) is 4. The molecule has 2 rings (SSSR count). The monoisotopic (exact) mass is 345 g/mol. The summed E-state index contributed by atoms with van der Waals surface area (Å²) in [4.78, 5) is 23.3. The van der Waals surface area contributed by atoms with Gasteiger partial charge in [0.2, 0.25) is 0 Å². The highest BCUT2D eigenvalue weighted by molar-refractivity contribution is 5.94. The molecule has 2 aromatic rings. The van der Waals surface area contributed by atoms with Crippen LogP contribution in [0.5, 0.6) is 5.75 Å². The molecule has 1 atom stereocenters. The Labute approximate surface area is 146 Å². The Morgan fingerprint density at radius 2 is 1.92 bits per heavy atom.